The second kappa shape index (κ2) is 8.67. The van der Waals surface area contributed by atoms with Crippen LogP contribution in [0.5, 0.6) is 0 Å². The van der Waals surface area contributed by atoms with Crippen molar-refractivity contribution in [2.24, 2.45) is 11.8 Å². The fourth-order valence-electron chi connectivity index (χ4n) is 3.53. The molecule has 0 radical (unpaired) electrons. The van der Waals surface area contributed by atoms with Crippen LogP contribution in [0.15, 0.2) is 36.4 Å². The van der Waals surface area contributed by atoms with Crippen LogP contribution in [-0.4, -0.2) is 47.3 Å². The third kappa shape index (κ3) is 4.57. The van der Waals surface area contributed by atoms with E-state index in [1.54, 1.807) is 17.0 Å². The molecule has 7 heteroatoms. The van der Waals surface area contributed by atoms with E-state index in [1.165, 1.54) is 4.90 Å². The summed E-state index contributed by atoms with van der Waals surface area (Å²) in [4.78, 5) is 40.5. The molecule has 1 aromatic rings. The number of hydrogen-bond donors (Lipinski definition) is 1. The summed E-state index contributed by atoms with van der Waals surface area (Å²) in [6.07, 6.45) is 5.19. The molecule has 0 spiro atoms. The first-order chi connectivity index (χ1) is 13.0. The van der Waals surface area contributed by atoms with E-state index >= 15 is 0 Å². The van der Waals surface area contributed by atoms with Crippen molar-refractivity contribution in [3.63, 3.8) is 0 Å². The molecule has 2 aliphatic rings. The van der Waals surface area contributed by atoms with Crippen LogP contribution >= 0.6 is 11.6 Å². The summed E-state index contributed by atoms with van der Waals surface area (Å²) >= 11 is 5.85. The molecule has 6 nitrogen and oxygen atoms in total. The minimum absolute atomic E-state index is 0.116. The number of nitrogens with one attached hydrogen (secondary N) is 1. The van der Waals surface area contributed by atoms with Crippen molar-refractivity contribution in [2.75, 3.05) is 19.8 Å². The van der Waals surface area contributed by atoms with Crippen molar-refractivity contribution in [1.29, 1.82) is 0 Å². The molecule has 1 aliphatic heterocycles. The van der Waals surface area contributed by atoms with Gasteiger partial charge in [-0.05, 0) is 37.1 Å². The van der Waals surface area contributed by atoms with E-state index < -0.39 is 0 Å². The van der Waals surface area contributed by atoms with Crippen LogP contribution < -0.4 is 5.32 Å². The number of carbonyl (C=O) groups is 3. The number of likely N-dealkylation sites (N-methyl/N-ethyl adjacent to an activating group) is 1. The summed E-state index contributed by atoms with van der Waals surface area (Å²) in [5, 5.41) is 3.51. The first-order valence-corrected chi connectivity index (χ1v) is 9.61. The molecule has 144 valence electrons. The molecule has 1 fully saturated rings. The van der Waals surface area contributed by atoms with Crippen molar-refractivity contribution in [2.45, 2.75) is 26.3 Å². The molecule has 1 aromatic carbocycles. The van der Waals surface area contributed by atoms with Crippen molar-refractivity contribution in [3.05, 3.63) is 47.0 Å². The highest BCUT2D eigenvalue weighted by Crippen LogP contribution is 2.34. The molecule has 1 aliphatic carbocycles. The Morgan fingerprint density at radius 2 is 1.74 bits per heavy atom. The van der Waals surface area contributed by atoms with E-state index in [2.05, 4.69) is 5.32 Å². The molecule has 3 amide bonds. The largest absolute Gasteiger partial charge is 0.351 e. The zero-order chi connectivity index (χ0) is 19.4. The highest BCUT2D eigenvalue weighted by molar-refractivity contribution is 6.30. The van der Waals surface area contributed by atoms with Crippen LogP contribution in [0.3, 0.4) is 0 Å². The van der Waals surface area contributed by atoms with Crippen LogP contribution in [0.25, 0.3) is 0 Å². The molecule has 0 saturated carbocycles. The Hall–Kier alpha value is -2.18. The summed E-state index contributed by atoms with van der Waals surface area (Å²) in [5.41, 5.74) is 0.956. The van der Waals surface area contributed by atoms with Crippen LogP contribution in [0.1, 0.15) is 25.3 Å². The lowest BCUT2D eigenvalue weighted by Crippen LogP contribution is -2.45. The Balaban J connectivity index is 1.52. The van der Waals surface area contributed by atoms with E-state index in [0.29, 0.717) is 31.0 Å². The lowest BCUT2D eigenvalue weighted by atomic mass is 9.85. The van der Waals surface area contributed by atoms with Gasteiger partial charge in [-0.2, -0.15) is 0 Å². The number of rotatable bonds is 7. The molecule has 3 rings (SSSR count). The Morgan fingerprint density at radius 3 is 2.30 bits per heavy atom. The summed E-state index contributed by atoms with van der Waals surface area (Å²) in [6.45, 7) is 3.18. The molecule has 0 aromatic heterocycles. The van der Waals surface area contributed by atoms with E-state index in [9.17, 15) is 14.4 Å². The smallest absolute Gasteiger partial charge is 0.234 e. The number of hydrogen-bond acceptors (Lipinski definition) is 4. The van der Waals surface area contributed by atoms with Gasteiger partial charge in [0.05, 0.1) is 25.0 Å². The van der Waals surface area contributed by atoms with Crippen LogP contribution in [0, 0.1) is 11.8 Å². The topological polar surface area (TPSA) is 69.7 Å². The predicted octanol–water partition coefficient (Wildman–Crippen LogP) is 2.19. The molecular formula is C20H24ClN3O3. The van der Waals surface area contributed by atoms with Gasteiger partial charge in [0.1, 0.15) is 0 Å². The van der Waals surface area contributed by atoms with Crippen molar-refractivity contribution in [3.8, 4) is 0 Å². The number of allylic oxidation sites excluding steroid dienone is 2. The van der Waals surface area contributed by atoms with E-state index in [4.69, 9.17) is 11.6 Å². The Morgan fingerprint density at radius 1 is 1.15 bits per heavy atom. The quantitative estimate of drug-likeness (QED) is 0.573. The summed E-state index contributed by atoms with van der Waals surface area (Å²) < 4.78 is 0. The number of carbonyl (C=O) groups excluding carboxylic acids is 3. The maximum absolute atomic E-state index is 12.6. The van der Waals surface area contributed by atoms with Gasteiger partial charge in [-0.15, -0.1) is 0 Å². The Bertz CT molecular complexity index is 721. The summed E-state index contributed by atoms with van der Waals surface area (Å²) in [7, 11) is 0. The molecular weight excluding hydrogens is 366 g/mol. The monoisotopic (exact) mass is 389 g/mol. The minimum atomic E-state index is -0.236. The first kappa shape index (κ1) is 19.6. The lowest BCUT2D eigenvalue weighted by Gasteiger charge is -2.25. The number of halogens is 1. The normalized spacial score (nSPS) is 21.7. The molecule has 1 N–H and O–H groups in total. The summed E-state index contributed by atoms with van der Waals surface area (Å²) in [6, 6.07) is 7.27. The van der Waals surface area contributed by atoms with Crippen molar-refractivity contribution >= 4 is 29.3 Å². The van der Waals surface area contributed by atoms with Gasteiger partial charge in [0.2, 0.25) is 17.7 Å². The highest BCUT2D eigenvalue weighted by atomic mass is 35.5. The fraction of sp³-hybridized carbons (Fsp3) is 0.450. The molecule has 27 heavy (non-hydrogen) atoms. The molecule has 0 unspecified atom stereocenters. The number of imide groups is 1. The second-order valence-electron chi connectivity index (χ2n) is 6.95. The standard InChI is InChI=1S/C20H24ClN3O3/c1-2-23(12-18(25)22-11-14-7-9-15(21)10-8-14)13-24-19(26)16-5-3-4-6-17(16)20(24)27/h3-4,7-10,16-17H,2,5-6,11-13H2,1H3,(H,22,25)/t16-,17-/m0/s1. The number of fused-ring (bicyclic) bond motifs is 1. The molecule has 0 bridgehead atoms. The minimum Gasteiger partial charge on any atom is -0.351 e. The molecule has 1 heterocycles. The SMILES string of the molecule is CCN(CC(=O)NCc1ccc(Cl)cc1)CN1C(=O)[C@H]2CC=CC[C@@H]2C1=O. The maximum atomic E-state index is 12.6. The van der Waals surface area contributed by atoms with Gasteiger partial charge in [-0.25, -0.2) is 0 Å². The highest BCUT2D eigenvalue weighted by Gasteiger charge is 2.47. The van der Waals surface area contributed by atoms with Gasteiger partial charge in [-0.3, -0.25) is 24.2 Å². The van der Waals surface area contributed by atoms with Crippen molar-refractivity contribution < 1.29 is 14.4 Å². The maximum Gasteiger partial charge on any atom is 0.234 e. The van der Waals surface area contributed by atoms with Gasteiger partial charge in [0.15, 0.2) is 0 Å². The van der Waals surface area contributed by atoms with Crippen LogP contribution in [0.2, 0.25) is 5.02 Å². The van der Waals surface area contributed by atoms with Gasteiger partial charge in [0, 0.05) is 11.6 Å². The van der Waals surface area contributed by atoms with Gasteiger partial charge in [0.25, 0.3) is 0 Å². The van der Waals surface area contributed by atoms with Crippen LogP contribution in [-0.2, 0) is 20.9 Å². The van der Waals surface area contributed by atoms with E-state index in [1.807, 2.05) is 31.2 Å². The number of nitrogens with zero attached hydrogens (tertiary/aromatic N) is 2. The second-order valence-corrected chi connectivity index (χ2v) is 7.39. The van der Waals surface area contributed by atoms with Crippen LogP contribution in [0.4, 0.5) is 0 Å². The molecule has 2 atom stereocenters. The lowest BCUT2D eigenvalue weighted by molar-refractivity contribution is -0.143. The zero-order valence-electron chi connectivity index (χ0n) is 15.4. The van der Waals surface area contributed by atoms with Gasteiger partial charge < -0.3 is 5.32 Å². The zero-order valence-corrected chi connectivity index (χ0v) is 16.1. The van der Waals surface area contributed by atoms with Crippen molar-refractivity contribution in [1.82, 2.24) is 15.1 Å². The Kier molecular flexibility index (Phi) is 6.29. The molecule has 1 saturated heterocycles. The third-order valence-electron chi connectivity index (χ3n) is 5.16. The first-order valence-electron chi connectivity index (χ1n) is 9.23. The van der Waals surface area contributed by atoms with Gasteiger partial charge in [-0.1, -0.05) is 42.8 Å². The van der Waals surface area contributed by atoms with E-state index in [-0.39, 0.29) is 42.8 Å². The number of amides is 3. The average molecular weight is 390 g/mol. The number of likely N-dealkylation sites (tertiary alicyclic amines) is 1. The third-order valence-corrected chi connectivity index (χ3v) is 5.41. The Labute approximate surface area is 164 Å². The fourth-order valence-corrected chi connectivity index (χ4v) is 3.66. The summed E-state index contributed by atoms with van der Waals surface area (Å²) in [5.74, 6) is -0.853. The van der Waals surface area contributed by atoms with Gasteiger partial charge >= 0.3 is 0 Å². The van der Waals surface area contributed by atoms with E-state index in [0.717, 1.165) is 5.56 Å². The average Bonchev–Trinajstić information content (AvgIpc) is 2.92. The predicted molar refractivity (Wildman–Crippen MR) is 103 cm³/mol. The number of benzene rings is 1.